The fourth-order valence-corrected chi connectivity index (χ4v) is 1.73. The molecule has 0 heterocycles. The molecule has 0 saturated heterocycles. The third-order valence-electron chi connectivity index (χ3n) is 1.12. The first-order valence-corrected chi connectivity index (χ1v) is 6.22. The van der Waals surface area contributed by atoms with Gasteiger partial charge in [0.05, 0.1) is 12.2 Å². The summed E-state index contributed by atoms with van der Waals surface area (Å²) < 4.78 is 21.0. The summed E-state index contributed by atoms with van der Waals surface area (Å²) >= 11 is 5.60. The van der Waals surface area contributed by atoms with Gasteiger partial charge >= 0.3 is 5.97 Å². The van der Waals surface area contributed by atoms with Gasteiger partial charge in [-0.25, -0.2) is 4.79 Å². The predicted molar refractivity (Wildman–Crippen MR) is 56.1 cm³/mol. The van der Waals surface area contributed by atoms with E-state index in [1.807, 2.05) is 0 Å². The van der Waals surface area contributed by atoms with Gasteiger partial charge in [-0.1, -0.05) is 11.6 Å². The van der Waals surface area contributed by atoms with Crippen molar-refractivity contribution >= 4 is 25.6 Å². The summed E-state index contributed by atoms with van der Waals surface area (Å²) in [7, 11) is -2.57. The lowest BCUT2D eigenvalue weighted by atomic mass is 10.5. The minimum Gasteiger partial charge on any atom is -0.461 e. The van der Waals surface area contributed by atoms with Crippen molar-refractivity contribution in [2.45, 2.75) is 45.0 Å². The van der Waals surface area contributed by atoms with Crippen LogP contribution < -0.4 is 0 Å². The summed E-state index contributed by atoms with van der Waals surface area (Å²) in [5.41, 5.74) is 0. The van der Waals surface area contributed by atoms with Crippen molar-refractivity contribution in [2.75, 3.05) is 0 Å². The molecule has 0 aliphatic rings. The largest absolute Gasteiger partial charge is 0.461 e. The molecule has 6 heteroatoms. The van der Waals surface area contributed by atoms with Gasteiger partial charge in [0.15, 0.2) is 0 Å². The molecule has 0 bridgehead atoms. The number of hydrogen-bond donors (Lipinski definition) is 0. The average Bonchev–Trinajstić information content (AvgIpc) is 2.00. The average molecular weight is 243 g/mol. The Hall–Kier alpha value is -0.0500. The van der Waals surface area contributed by atoms with E-state index >= 15 is 0 Å². The number of esters is 1. The van der Waals surface area contributed by atoms with Crippen molar-refractivity contribution in [3.8, 4) is 0 Å². The summed E-state index contributed by atoms with van der Waals surface area (Å²) in [5.74, 6) is -0.689. The van der Waals surface area contributed by atoms with Gasteiger partial charge in [0.2, 0.25) is 13.1 Å². The lowest BCUT2D eigenvalue weighted by molar-refractivity contribution is -0.145. The Labute approximate surface area is 89.8 Å². The molecule has 0 aliphatic heterocycles. The van der Waals surface area contributed by atoms with Crippen molar-refractivity contribution in [3.05, 3.63) is 0 Å². The molecule has 84 valence electrons. The van der Waals surface area contributed by atoms with E-state index in [0.717, 1.165) is 0 Å². The highest BCUT2D eigenvalue weighted by Gasteiger charge is 2.25. The number of ether oxygens (including phenoxy) is 1. The minimum absolute atomic E-state index is 0.213. The molecular weight excluding hydrogens is 227 g/mol. The molecule has 2 atom stereocenters. The van der Waals surface area contributed by atoms with Gasteiger partial charge < -0.3 is 9.26 Å². The van der Waals surface area contributed by atoms with Gasteiger partial charge in [-0.05, 0) is 27.7 Å². The molecule has 0 spiro atoms. The highest BCUT2D eigenvalue weighted by molar-refractivity contribution is 7.44. The lowest BCUT2D eigenvalue weighted by Gasteiger charge is -2.13. The zero-order valence-electron chi connectivity index (χ0n) is 8.74. The monoisotopic (exact) mass is 242 g/mol. The second-order valence-electron chi connectivity index (χ2n) is 3.33. The molecule has 0 aromatic rings. The van der Waals surface area contributed by atoms with Crippen LogP contribution in [0.25, 0.3) is 0 Å². The number of carbonyl (C=O) groups excluding carboxylic acids is 1. The Morgan fingerprint density at radius 1 is 1.21 bits per heavy atom. The standard InChI is InChI=1S/C8H16ClO4P/c1-5(2)12-8(10)7(9)14(11)13-6(3)4/h5-7,14H,1-4H3. The second-order valence-corrected chi connectivity index (χ2v) is 5.59. The molecule has 0 saturated carbocycles. The number of rotatable bonds is 5. The summed E-state index contributed by atoms with van der Waals surface area (Å²) in [4.78, 5) is 11.2. The van der Waals surface area contributed by atoms with Crippen molar-refractivity contribution in [2.24, 2.45) is 0 Å². The van der Waals surface area contributed by atoms with Crippen LogP contribution in [0.3, 0.4) is 0 Å². The Balaban J connectivity index is 4.11. The second kappa shape index (κ2) is 6.44. The van der Waals surface area contributed by atoms with Crippen LogP contribution in [0.1, 0.15) is 27.7 Å². The third-order valence-corrected chi connectivity index (χ3v) is 3.18. The predicted octanol–water partition coefficient (Wildman–Crippen LogP) is 2.40. The maximum absolute atomic E-state index is 11.3. The topological polar surface area (TPSA) is 52.6 Å². The van der Waals surface area contributed by atoms with Crippen LogP contribution in [0, 0.1) is 0 Å². The van der Waals surface area contributed by atoms with E-state index in [1.54, 1.807) is 27.7 Å². The van der Waals surface area contributed by atoms with Gasteiger partial charge in [0.25, 0.3) is 0 Å². The van der Waals surface area contributed by atoms with Gasteiger partial charge in [-0.3, -0.25) is 4.57 Å². The maximum atomic E-state index is 11.3. The molecular formula is C8H16ClO4P. The highest BCUT2D eigenvalue weighted by Crippen LogP contribution is 2.34. The van der Waals surface area contributed by atoms with E-state index in [2.05, 4.69) is 0 Å². The van der Waals surface area contributed by atoms with Crippen molar-refractivity contribution in [3.63, 3.8) is 0 Å². The van der Waals surface area contributed by atoms with E-state index in [-0.39, 0.29) is 12.2 Å². The Morgan fingerprint density at radius 2 is 1.71 bits per heavy atom. The molecule has 0 rings (SSSR count). The number of carbonyl (C=O) groups is 1. The molecule has 0 aliphatic carbocycles. The van der Waals surface area contributed by atoms with E-state index < -0.39 is 19.1 Å². The van der Waals surface area contributed by atoms with Crippen LogP contribution in [0.15, 0.2) is 0 Å². The SMILES string of the molecule is CC(C)OC(=O)C(Cl)[PH](=O)OC(C)C. The molecule has 0 N–H and O–H groups in total. The summed E-state index contributed by atoms with van der Waals surface area (Å²) in [5, 5.41) is -1.19. The van der Waals surface area contributed by atoms with E-state index in [9.17, 15) is 9.36 Å². The smallest absolute Gasteiger partial charge is 0.334 e. The minimum atomic E-state index is -2.57. The van der Waals surface area contributed by atoms with Crippen LogP contribution in [0.2, 0.25) is 0 Å². The molecule has 14 heavy (non-hydrogen) atoms. The summed E-state index contributed by atoms with van der Waals surface area (Å²) in [6.45, 7) is 6.84. The number of hydrogen-bond acceptors (Lipinski definition) is 4. The first-order valence-electron chi connectivity index (χ1n) is 4.39. The first-order chi connectivity index (χ1) is 6.34. The molecule has 0 amide bonds. The number of alkyl halides is 1. The van der Waals surface area contributed by atoms with Crippen LogP contribution in [0.4, 0.5) is 0 Å². The lowest BCUT2D eigenvalue weighted by Crippen LogP contribution is -2.19. The van der Waals surface area contributed by atoms with E-state index in [4.69, 9.17) is 20.9 Å². The third kappa shape index (κ3) is 5.63. The van der Waals surface area contributed by atoms with Gasteiger partial charge in [-0.15, -0.1) is 0 Å². The summed E-state index contributed by atoms with van der Waals surface area (Å²) in [6, 6.07) is 0. The van der Waals surface area contributed by atoms with E-state index in [0.29, 0.717) is 0 Å². The fraction of sp³-hybridized carbons (Fsp3) is 0.875. The molecule has 0 aromatic carbocycles. The van der Waals surface area contributed by atoms with Crippen molar-refractivity contribution < 1.29 is 18.6 Å². The van der Waals surface area contributed by atoms with Crippen LogP contribution in [-0.4, -0.2) is 23.3 Å². The zero-order valence-corrected chi connectivity index (χ0v) is 10.5. The Morgan fingerprint density at radius 3 is 2.07 bits per heavy atom. The van der Waals surface area contributed by atoms with Crippen molar-refractivity contribution in [1.29, 1.82) is 0 Å². The maximum Gasteiger partial charge on any atom is 0.334 e. The van der Waals surface area contributed by atoms with E-state index in [1.165, 1.54) is 0 Å². The van der Waals surface area contributed by atoms with Crippen LogP contribution in [-0.2, 0) is 18.6 Å². The highest BCUT2D eigenvalue weighted by atomic mass is 35.5. The normalized spacial score (nSPS) is 15.6. The zero-order chi connectivity index (χ0) is 11.3. The molecule has 4 nitrogen and oxygen atoms in total. The quantitative estimate of drug-likeness (QED) is 0.422. The van der Waals surface area contributed by atoms with Gasteiger partial charge in [-0.2, -0.15) is 0 Å². The molecule has 0 aromatic heterocycles. The Bertz CT molecular complexity index is 195. The fourth-order valence-electron chi connectivity index (χ4n) is 0.680. The Kier molecular flexibility index (Phi) is 6.41. The van der Waals surface area contributed by atoms with Gasteiger partial charge in [0.1, 0.15) is 0 Å². The van der Waals surface area contributed by atoms with Gasteiger partial charge in [0, 0.05) is 0 Å². The molecule has 2 unspecified atom stereocenters. The summed E-state index contributed by atoms with van der Waals surface area (Å²) in [6.07, 6.45) is -0.480. The molecule has 0 fully saturated rings. The van der Waals surface area contributed by atoms with Crippen molar-refractivity contribution in [1.82, 2.24) is 0 Å². The van der Waals surface area contributed by atoms with Crippen LogP contribution >= 0.6 is 19.6 Å². The van der Waals surface area contributed by atoms with Crippen LogP contribution in [0.5, 0.6) is 0 Å². The first kappa shape index (κ1) is 13.9. The molecule has 0 radical (unpaired) electrons. The number of halogens is 1.